The second-order valence-corrected chi connectivity index (χ2v) is 14.0. The predicted molar refractivity (Wildman–Crippen MR) is 220 cm³/mol. The molecule has 58 heavy (non-hydrogen) atoms. The quantitative estimate of drug-likeness (QED) is 0.0672. The Labute approximate surface area is 341 Å². The van der Waals surface area contributed by atoms with Gasteiger partial charge in [-0.15, -0.1) is 0 Å². The maximum Gasteiger partial charge on any atom is 0.409 e. The summed E-state index contributed by atoms with van der Waals surface area (Å²) in [5.41, 5.74) is 9.58. The molecule has 4 aromatic rings. The Hall–Kier alpha value is -4.82. The number of alkyl carbamates (subject to hydrolysis) is 1. The van der Waals surface area contributed by atoms with Crippen LogP contribution in [0.5, 0.6) is 0 Å². The molecule has 0 heterocycles. The van der Waals surface area contributed by atoms with Crippen LogP contribution in [0, 0.1) is 0 Å². The molecule has 1 N–H and O–H groups in total. The first kappa shape index (κ1) is 42.8. The predicted octanol–water partition coefficient (Wildman–Crippen LogP) is 6.90. The van der Waals surface area contributed by atoms with Crippen molar-refractivity contribution < 1.29 is 47.5 Å². The standard InChI is InChI=1S/C46H56N2O10/c1-48(46(50)58-34-44-41-17-8-4-13-37(41)38-14-5-9-18-42(38)44)20-22-52-24-26-54-28-30-56-32-31-55-29-27-53-25-23-51-21-10-19-47-45(49)57-33-43-39-15-6-2-11-35(39)36-12-3-7-16-40(36)43/h2-9,11-18,43-44H,10,19-34H2,1H3,(H,47,49). The molecule has 12 heteroatoms. The fraction of sp³-hybridized carbons (Fsp3) is 0.435. The molecule has 0 aromatic heterocycles. The molecule has 4 aromatic carbocycles. The summed E-state index contributed by atoms with van der Waals surface area (Å²) < 4.78 is 44.7. The van der Waals surface area contributed by atoms with Crippen molar-refractivity contribution in [3.05, 3.63) is 119 Å². The maximum absolute atomic E-state index is 12.6. The van der Waals surface area contributed by atoms with Crippen LogP contribution in [-0.4, -0.2) is 130 Å². The normalized spacial score (nSPS) is 12.8. The third-order valence-corrected chi connectivity index (χ3v) is 10.2. The Bertz CT molecular complexity index is 1780. The highest BCUT2D eigenvalue weighted by Crippen LogP contribution is 2.45. The number of nitrogens with one attached hydrogen (secondary N) is 1. The summed E-state index contributed by atoms with van der Waals surface area (Å²) in [6.45, 7) is 6.99. The summed E-state index contributed by atoms with van der Waals surface area (Å²) in [5, 5.41) is 2.81. The van der Waals surface area contributed by atoms with E-state index in [-0.39, 0.29) is 17.9 Å². The largest absolute Gasteiger partial charge is 0.449 e. The smallest absolute Gasteiger partial charge is 0.409 e. The van der Waals surface area contributed by atoms with Gasteiger partial charge in [0.05, 0.1) is 72.7 Å². The van der Waals surface area contributed by atoms with Crippen molar-refractivity contribution in [2.75, 3.05) is 113 Å². The number of fused-ring (bicyclic) bond motifs is 6. The lowest BCUT2D eigenvalue weighted by atomic mass is 9.98. The van der Waals surface area contributed by atoms with Gasteiger partial charge in [-0.25, -0.2) is 9.59 Å². The van der Waals surface area contributed by atoms with Crippen molar-refractivity contribution in [2.45, 2.75) is 18.3 Å². The molecule has 2 aliphatic carbocycles. The minimum absolute atomic E-state index is 0.0343. The van der Waals surface area contributed by atoms with Crippen molar-refractivity contribution in [1.82, 2.24) is 10.2 Å². The van der Waals surface area contributed by atoms with E-state index in [9.17, 15) is 9.59 Å². The molecule has 310 valence electrons. The number of nitrogens with zero attached hydrogens (tertiary/aromatic N) is 1. The molecule has 0 fully saturated rings. The Morgan fingerprint density at radius 1 is 0.483 bits per heavy atom. The van der Waals surface area contributed by atoms with E-state index in [0.29, 0.717) is 112 Å². The van der Waals surface area contributed by atoms with Crippen LogP contribution >= 0.6 is 0 Å². The van der Waals surface area contributed by atoms with Crippen LogP contribution < -0.4 is 5.32 Å². The second-order valence-electron chi connectivity index (χ2n) is 14.0. The lowest BCUT2D eigenvalue weighted by Gasteiger charge is -2.19. The molecule has 0 atom stereocenters. The molecule has 0 saturated heterocycles. The SMILES string of the molecule is CN(CCOCCOCCOCCOCCOCCOCCCNC(=O)OCC1c2ccccc2-c2ccccc21)C(=O)OCC1c2ccccc2-c2ccccc21. The first-order chi connectivity index (χ1) is 28.6. The zero-order valence-corrected chi connectivity index (χ0v) is 33.4. The molecule has 0 saturated carbocycles. The van der Waals surface area contributed by atoms with Crippen molar-refractivity contribution in [3.8, 4) is 22.3 Å². The van der Waals surface area contributed by atoms with Crippen molar-refractivity contribution in [3.63, 3.8) is 0 Å². The Morgan fingerprint density at radius 3 is 1.24 bits per heavy atom. The van der Waals surface area contributed by atoms with Crippen LogP contribution in [0.1, 0.15) is 40.5 Å². The summed E-state index contributed by atoms with van der Waals surface area (Å²) in [5.74, 6) is 0.0790. The summed E-state index contributed by atoms with van der Waals surface area (Å²) in [6.07, 6.45) is -0.108. The molecule has 6 rings (SSSR count). The van der Waals surface area contributed by atoms with Gasteiger partial charge in [0.15, 0.2) is 0 Å². The molecule has 0 spiro atoms. The van der Waals surface area contributed by atoms with Gasteiger partial charge in [0.2, 0.25) is 0 Å². The van der Waals surface area contributed by atoms with Crippen LogP contribution in [0.15, 0.2) is 97.1 Å². The molecule has 12 nitrogen and oxygen atoms in total. The minimum atomic E-state index is -0.419. The van der Waals surface area contributed by atoms with E-state index in [0.717, 1.165) is 0 Å². The summed E-state index contributed by atoms with van der Waals surface area (Å²) in [4.78, 5) is 26.5. The Morgan fingerprint density at radius 2 is 0.828 bits per heavy atom. The third-order valence-electron chi connectivity index (χ3n) is 10.2. The number of rotatable bonds is 26. The van der Waals surface area contributed by atoms with Crippen LogP contribution in [0.2, 0.25) is 0 Å². The van der Waals surface area contributed by atoms with Crippen molar-refractivity contribution in [2.24, 2.45) is 0 Å². The average Bonchev–Trinajstić information content (AvgIpc) is 3.75. The number of carbonyl (C=O) groups excluding carboxylic acids is 2. The van der Waals surface area contributed by atoms with Gasteiger partial charge in [-0.2, -0.15) is 0 Å². The molecule has 0 radical (unpaired) electrons. The zero-order chi connectivity index (χ0) is 40.2. The number of benzene rings is 4. The van der Waals surface area contributed by atoms with Gasteiger partial charge in [-0.1, -0.05) is 97.1 Å². The second kappa shape index (κ2) is 23.6. The monoisotopic (exact) mass is 796 g/mol. The molecule has 2 amide bonds. The number of ether oxygens (including phenoxy) is 8. The summed E-state index contributed by atoms with van der Waals surface area (Å²) in [7, 11) is 1.71. The van der Waals surface area contributed by atoms with E-state index in [1.807, 2.05) is 48.5 Å². The maximum atomic E-state index is 12.6. The van der Waals surface area contributed by atoms with Gasteiger partial charge in [0.1, 0.15) is 13.2 Å². The fourth-order valence-electron chi connectivity index (χ4n) is 7.21. The molecular formula is C46H56N2O10. The minimum Gasteiger partial charge on any atom is -0.449 e. The van der Waals surface area contributed by atoms with Crippen LogP contribution in [0.4, 0.5) is 9.59 Å². The van der Waals surface area contributed by atoms with Gasteiger partial charge >= 0.3 is 12.2 Å². The van der Waals surface area contributed by atoms with E-state index in [1.54, 1.807) is 7.05 Å². The van der Waals surface area contributed by atoms with E-state index in [1.165, 1.54) is 49.4 Å². The average molecular weight is 797 g/mol. The molecule has 2 aliphatic rings. The van der Waals surface area contributed by atoms with Crippen LogP contribution in [-0.2, 0) is 37.9 Å². The van der Waals surface area contributed by atoms with Crippen LogP contribution in [0.25, 0.3) is 22.3 Å². The highest BCUT2D eigenvalue weighted by atomic mass is 16.6. The highest BCUT2D eigenvalue weighted by Gasteiger charge is 2.30. The molecule has 0 bridgehead atoms. The molecule has 0 unspecified atom stereocenters. The van der Waals surface area contributed by atoms with Crippen molar-refractivity contribution in [1.29, 1.82) is 0 Å². The van der Waals surface area contributed by atoms with Crippen molar-refractivity contribution >= 4 is 12.2 Å². The van der Waals surface area contributed by atoms with Gasteiger partial charge in [-0.3, -0.25) is 0 Å². The highest BCUT2D eigenvalue weighted by molar-refractivity contribution is 5.80. The molecular weight excluding hydrogens is 741 g/mol. The first-order valence-electron chi connectivity index (χ1n) is 20.2. The van der Waals surface area contributed by atoms with E-state index >= 15 is 0 Å². The summed E-state index contributed by atoms with van der Waals surface area (Å²) >= 11 is 0. The third kappa shape index (κ3) is 12.3. The summed E-state index contributed by atoms with van der Waals surface area (Å²) in [6, 6.07) is 33.1. The van der Waals surface area contributed by atoms with E-state index in [4.69, 9.17) is 37.9 Å². The zero-order valence-electron chi connectivity index (χ0n) is 33.4. The fourth-order valence-corrected chi connectivity index (χ4v) is 7.21. The van der Waals surface area contributed by atoms with Crippen LogP contribution in [0.3, 0.4) is 0 Å². The van der Waals surface area contributed by atoms with Gasteiger partial charge in [0, 0.05) is 38.6 Å². The topological polar surface area (TPSA) is 123 Å². The number of hydrogen-bond acceptors (Lipinski definition) is 10. The Kier molecular flexibility index (Phi) is 17.4. The lowest BCUT2D eigenvalue weighted by Crippen LogP contribution is -2.32. The number of hydrogen-bond donors (Lipinski definition) is 1. The number of likely N-dealkylation sites (N-methyl/N-ethyl adjacent to an activating group) is 1. The van der Waals surface area contributed by atoms with Gasteiger partial charge < -0.3 is 48.1 Å². The van der Waals surface area contributed by atoms with Gasteiger partial charge in [-0.05, 0) is 50.9 Å². The number of amides is 2. The molecule has 0 aliphatic heterocycles. The van der Waals surface area contributed by atoms with E-state index < -0.39 is 6.09 Å². The number of carbonyl (C=O) groups is 2. The Balaban J connectivity index is 0.660. The first-order valence-corrected chi connectivity index (χ1v) is 20.2. The lowest BCUT2D eigenvalue weighted by molar-refractivity contribution is -0.0173. The van der Waals surface area contributed by atoms with E-state index in [2.05, 4.69) is 53.8 Å². The van der Waals surface area contributed by atoms with Gasteiger partial charge in [0.25, 0.3) is 0 Å².